The number of carbonyl (C=O) groups is 3. The van der Waals surface area contributed by atoms with E-state index in [4.69, 9.17) is 9.47 Å². The van der Waals surface area contributed by atoms with Gasteiger partial charge in [0.15, 0.2) is 0 Å². The molecule has 1 amide bonds. The summed E-state index contributed by atoms with van der Waals surface area (Å²) < 4.78 is 40.1. The lowest BCUT2D eigenvalue weighted by Gasteiger charge is -2.34. The highest BCUT2D eigenvalue weighted by Gasteiger charge is 2.30. The van der Waals surface area contributed by atoms with Crippen molar-refractivity contribution in [3.8, 4) is 0 Å². The Morgan fingerprint density at radius 3 is 2.18 bits per heavy atom. The summed E-state index contributed by atoms with van der Waals surface area (Å²) in [6.07, 6.45) is 2.22. The van der Waals surface area contributed by atoms with Gasteiger partial charge in [0.05, 0.1) is 16.8 Å². The molecule has 49 heavy (non-hydrogen) atoms. The van der Waals surface area contributed by atoms with Gasteiger partial charge in [-0.15, -0.1) is 0 Å². The number of hydrogen-bond donors (Lipinski definition) is 3. The van der Waals surface area contributed by atoms with Crippen LogP contribution in [0.4, 0.5) is 16.4 Å². The van der Waals surface area contributed by atoms with Gasteiger partial charge in [-0.2, -0.15) is 4.72 Å². The molecule has 3 N–H and O–H groups in total. The van der Waals surface area contributed by atoms with Crippen LogP contribution in [0.1, 0.15) is 84.5 Å². The molecule has 0 saturated carbocycles. The zero-order chi connectivity index (χ0) is 36.0. The maximum atomic E-state index is 13.1. The van der Waals surface area contributed by atoms with Crippen LogP contribution in [-0.2, 0) is 24.3 Å². The number of para-hydroxylation sites is 2. The topological polar surface area (TPSA) is 161 Å². The third-order valence-corrected chi connectivity index (χ3v) is 9.18. The van der Waals surface area contributed by atoms with Gasteiger partial charge in [-0.25, -0.2) is 22.8 Å². The summed E-state index contributed by atoms with van der Waals surface area (Å²) in [6.45, 7) is 13.7. The van der Waals surface area contributed by atoms with E-state index in [0.717, 1.165) is 31.6 Å². The van der Waals surface area contributed by atoms with Gasteiger partial charge in [-0.1, -0.05) is 25.5 Å². The third-order valence-electron chi connectivity index (χ3n) is 7.71. The Kier molecular flexibility index (Phi) is 12.0. The minimum Gasteiger partial charge on any atom is -0.459 e. The van der Waals surface area contributed by atoms with Crippen LogP contribution in [0.5, 0.6) is 0 Å². The van der Waals surface area contributed by atoms with Crippen molar-refractivity contribution < 1.29 is 32.3 Å². The number of benzene rings is 2. The maximum absolute atomic E-state index is 13.1. The first-order valence-electron chi connectivity index (χ1n) is 16.8. The summed E-state index contributed by atoms with van der Waals surface area (Å²) in [6, 6.07) is 13.4. The van der Waals surface area contributed by atoms with Crippen LogP contribution in [0.3, 0.4) is 0 Å². The van der Waals surface area contributed by atoms with Gasteiger partial charge >= 0.3 is 12.1 Å². The number of carbonyl (C=O) groups excluding carboxylic acids is 3. The molecule has 4 rings (SSSR count). The van der Waals surface area contributed by atoms with Crippen molar-refractivity contribution in [1.29, 1.82) is 0 Å². The number of hydrogen-bond acceptors (Lipinski definition) is 10. The van der Waals surface area contributed by atoms with Crippen LogP contribution in [-0.4, -0.2) is 84.6 Å². The number of rotatable bonds is 12. The van der Waals surface area contributed by atoms with E-state index in [2.05, 4.69) is 25.2 Å². The minimum absolute atomic E-state index is 0.0802. The number of amides is 1. The first kappa shape index (κ1) is 37.6. The van der Waals surface area contributed by atoms with Crippen LogP contribution in [0, 0.1) is 0 Å². The molecule has 0 unspecified atom stereocenters. The van der Waals surface area contributed by atoms with Crippen molar-refractivity contribution in [1.82, 2.24) is 19.6 Å². The van der Waals surface area contributed by atoms with Crippen LogP contribution < -0.4 is 20.3 Å². The standard InChI is InChI=1S/C35H50N6O7S/c1-8-9-22-49(45,46)39-28(31(43)47-34(2,3)4)23-36-30(42)24-14-16-26(17-15-24)40-20-18-25(19-21-40)37-32-38-27-12-10-11-13-29(27)41(32)33(44)48-35(5,6)7/h10-17,25,28,39H,8-9,18-23H2,1-7H3,(H,36,42)(H,37,38)/t28-/m0/s1. The largest absolute Gasteiger partial charge is 0.459 e. The Labute approximate surface area is 289 Å². The van der Waals surface area contributed by atoms with E-state index in [1.807, 2.05) is 64.1 Å². The lowest BCUT2D eigenvalue weighted by atomic mass is 10.0. The van der Waals surface area contributed by atoms with Crippen LogP contribution >= 0.6 is 0 Å². The number of nitrogens with zero attached hydrogens (tertiary/aromatic N) is 3. The van der Waals surface area contributed by atoms with Gasteiger partial charge in [0.2, 0.25) is 16.0 Å². The average Bonchev–Trinajstić information content (AvgIpc) is 3.38. The molecule has 1 aromatic heterocycles. The van der Waals surface area contributed by atoms with Gasteiger partial charge in [-0.05, 0) is 97.2 Å². The minimum atomic E-state index is -3.75. The predicted octanol–water partition coefficient (Wildman–Crippen LogP) is 5.06. The SMILES string of the molecule is CCCCS(=O)(=O)N[C@@H](CNC(=O)c1ccc(N2CCC(Nc3nc4ccccc4n3C(=O)OC(C)(C)C)CC2)cc1)C(=O)OC(C)(C)C. The quantitative estimate of drug-likeness (QED) is 0.218. The molecular formula is C35H50N6O7S. The maximum Gasteiger partial charge on any atom is 0.421 e. The third kappa shape index (κ3) is 10.9. The van der Waals surface area contributed by atoms with Crippen LogP contribution in [0.25, 0.3) is 11.0 Å². The van der Waals surface area contributed by atoms with E-state index in [-0.39, 0.29) is 18.3 Å². The number of unbranched alkanes of at least 4 members (excludes halogenated alkanes) is 1. The summed E-state index contributed by atoms with van der Waals surface area (Å²) in [5, 5.41) is 6.14. The monoisotopic (exact) mass is 698 g/mol. The molecule has 1 fully saturated rings. The molecule has 1 atom stereocenters. The van der Waals surface area contributed by atoms with E-state index < -0.39 is 45.2 Å². The number of anilines is 2. The molecule has 2 aromatic carbocycles. The molecule has 14 heteroatoms. The van der Waals surface area contributed by atoms with E-state index in [0.29, 0.717) is 35.4 Å². The molecule has 0 radical (unpaired) electrons. The van der Waals surface area contributed by atoms with Crippen molar-refractivity contribution >= 4 is 50.7 Å². The smallest absolute Gasteiger partial charge is 0.421 e. The van der Waals surface area contributed by atoms with Gasteiger partial charge in [0.1, 0.15) is 17.2 Å². The second kappa shape index (κ2) is 15.6. The van der Waals surface area contributed by atoms with Gasteiger partial charge in [-0.3, -0.25) is 9.59 Å². The number of sulfonamides is 1. The number of esters is 1. The lowest BCUT2D eigenvalue weighted by Crippen LogP contribution is -2.51. The molecule has 0 aliphatic carbocycles. The summed E-state index contributed by atoms with van der Waals surface area (Å²) in [4.78, 5) is 45.9. The van der Waals surface area contributed by atoms with E-state index >= 15 is 0 Å². The first-order valence-corrected chi connectivity index (χ1v) is 18.4. The molecule has 3 aromatic rings. The molecule has 268 valence electrons. The number of piperidine rings is 1. The molecule has 0 bridgehead atoms. The molecule has 1 aliphatic rings. The fourth-order valence-electron chi connectivity index (χ4n) is 5.36. The molecule has 2 heterocycles. The highest BCUT2D eigenvalue weighted by Crippen LogP contribution is 2.26. The van der Waals surface area contributed by atoms with E-state index in [1.165, 1.54) is 4.57 Å². The second-order valence-corrected chi connectivity index (χ2v) is 16.2. The Morgan fingerprint density at radius 1 is 0.939 bits per heavy atom. The Bertz CT molecular complexity index is 1720. The Balaban J connectivity index is 1.35. The van der Waals surface area contributed by atoms with Crippen molar-refractivity contribution in [3.63, 3.8) is 0 Å². The molecule has 1 saturated heterocycles. The average molecular weight is 699 g/mol. The van der Waals surface area contributed by atoms with Gasteiger partial charge in [0, 0.05) is 36.9 Å². The highest BCUT2D eigenvalue weighted by atomic mass is 32.2. The summed E-state index contributed by atoms with van der Waals surface area (Å²) in [5.74, 6) is -0.877. The summed E-state index contributed by atoms with van der Waals surface area (Å²) in [5.41, 5.74) is 1.22. The number of nitrogens with one attached hydrogen (secondary N) is 3. The fourth-order valence-corrected chi connectivity index (χ4v) is 6.76. The Morgan fingerprint density at radius 2 is 1.57 bits per heavy atom. The van der Waals surface area contributed by atoms with Crippen LogP contribution in [0.15, 0.2) is 48.5 Å². The predicted molar refractivity (Wildman–Crippen MR) is 190 cm³/mol. The Hall–Kier alpha value is -4.17. The fraction of sp³-hybridized carbons (Fsp3) is 0.543. The van der Waals surface area contributed by atoms with Crippen molar-refractivity contribution in [2.24, 2.45) is 0 Å². The zero-order valence-electron chi connectivity index (χ0n) is 29.5. The normalized spacial score (nSPS) is 15.1. The van der Waals surface area contributed by atoms with E-state index in [9.17, 15) is 22.8 Å². The van der Waals surface area contributed by atoms with Gasteiger partial charge in [0.25, 0.3) is 5.91 Å². The van der Waals surface area contributed by atoms with Crippen LogP contribution in [0.2, 0.25) is 0 Å². The highest BCUT2D eigenvalue weighted by molar-refractivity contribution is 7.89. The summed E-state index contributed by atoms with van der Waals surface area (Å²) >= 11 is 0. The molecule has 0 spiro atoms. The lowest BCUT2D eigenvalue weighted by molar-refractivity contribution is -0.156. The summed E-state index contributed by atoms with van der Waals surface area (Å²) in [7, 11) is -3.75. The second-order valence-electron chi connectivity index (χ2n) is 14.3. The number of aromatic nitrogens is 2. The van der Waals surface area contributed by atoms with Gasteiger partial charge < -0.3 is 25.0 Å². The van der Waals surface area contributed by atoms with E-state index in [1.54, 1.807) is 32.9 Å². The number of ether oxygens (including phenoxy) is 2. The molecular weight excluding hydrogens is 648 g/mol. The first-order chi connectivity index (χ1) is 22.9. The number of fused-ring (bicyclic) bond motifs is 1. The zero-order valence-corrected chi connectivity index (χ0v) is 30.4. The molecule has 1 aliphatic heterocycles. The van der Waals surface area contributed by atoms with Crippen molar-refractivity contribution in [3.05, 3.63) is 54.1 Å². The van der Waals surface area contributed by atoms with Crippen molar-refractivity contribution in [2.75, 3.05) is 35.6 Å². The number of imidazole rings is 1. The molecule has 13 nitrogen and oxygen atoms in total. The van der Waals surface area contributed by atoms with Crippen molar-refractivity contribution in [2.45, 2.75) is 97.4 Å².